The molecule has 0 radical (unpaired) electrons. The van der Waals surface area contributed by atoms with Gasteiger partial charge in [-0.2, -0.15) is 0 Å². The lowest BCUT2D eigenvalue weighted by Crippen LogP contribution is -2.32. The number of rotatable bonds is 2. The van der Waals surface area contributed by atoms with Crippen LogP contribution < -0.4 is 0 Å². The molecular formula is C10H12N4O4S. The third kappa shape index (κ3) is 1.95. The number of ether oxygens (including phenoxy) is 1. The van der Waals surface area contributed by atoms with Gasteiger partial charge in [-0.05, 0) is 0 Å². The van der Waals surface area contributed by atoms with E-state index in [0.717, 1.165) is 0 Å². The fourth-order valence-electron chi connectivity index (χ4n) is 2.13. The molecule has 0 aliphatic carbocycles. The van der Waals surface area contributed by atoms with Crippen molar-refractivity contribution in [2.75, 3.05) is 6.61 Å². The Morgan fingerprint density at radius 1 is 1.37 bits per heavy atom. The van der Waals surface area contributed by atoms with Gasteiger partial charge in [-0.1, -0.05) is 12.2 Å². The molecule has 102 valence electrons. The van der Waals surface area contributed by atoms with Crippen LogP contribution in [0.1, 0.15) is 11.9 Å². The Morgan fingerprint density at radius 3 is 2.84 bits per heavy atom. The van der Waals surface area contributed by atoms with E-state index in [2.05, 4.69) is 19.9 Å². The summed E-state index contributed by atoms with van der Waals surface area (Å²) in [5, 5.41) is 28.7. The van der Waals surface area contributed by atoms with Crippen molar-refractivity contribution in [2.24, 2.45) is 0 Å². The molecule has 4 atom stereocenters. The van der Waals surface area contributed by atoms with Gasteiger partial charge >= 0.3 is 0 Å². The van der Waals surface area contributed by atoms with Gasteiger partial charge in [0.1, 0.15) is 35.8 Å². The molecule has 0 spiro atoms. The lowest BCUT2D eigenvalue weighted by Gasteiger charge is -2.13. The normalized spacial score (nSPS) is 31.1. The third-order valence-electron chi connectivity index (χ3n) is 3.13. The Hall–Kier alpha value is -1.39. The molecule has 1 unspecified atom stereocenters. The first-order chi connectivity index (χ1) is 9.11. The summed E-state index contributed by atoms with van der Waals surface area (Å²) in [5.41, 5.74) is 1.08. The molecule has 0 saturated carbocycles. The maximum absolute atomic E-state index is 9.92. The molecule has 2 aromatic heterocycles. The van der Waals surface area contributed by atoms with Gasteiger partial charge in [-0.25, -0.2) is 9.97 Å². The quantitative estimate of drug-likeness (QED) is 0.455. The van der Waals surface area contributed by atoms with Crippen molar-refractivity contribution < 1.29 is 20.1 Å². The molecule has 0 aromatic carbocycles. The standard InChI is InChI=1S/C10H12N4O4S/c15-1-3-5(16)6(17)7(18-3)9-13-8-4(10(19)14-9)11-2-12-8/h2-3,5-7,15-17H,1H2,(H2,11,12,13,14,19)/t3-,5-,6+,7?/m1/s1. The molecule has 5 N–H and O–H groups in total. The molecule has 2 aromatic rings. The lowest BCUT2D eigenvalue weighted by molar-refractivity contribution is -0.0252. The monoisotopic (exact) mass is 284 g/mol. The second kappa shape index (κ2) is 4.62. The first kappa shape index (κ1) is 12.6. The number of imidazole rings is 1. The summed E-state index contributed by atoms with van der Waals surface area (Å²) in [6, 6.07) is 0. The summed E-state index contributed by atoms with van der Waals surface area (Å²) < 4.78 is 5.66. The van der Waals surface area contributed by atoms with Crippen molar-refractivity contribution in [1.82, 2.24) is 19.9 Å². The number of aliphatic hydroxyl groups is 3. The lowest BCUT2D eigenvalue weighted by atomic mass is 10.1. The number of aromatic nitrogens is 4. The number of hydrogen-bond donors (Lipinski definition) is 5. The molecule has 3 rings (SSSR count). The van der Waals surface area contributed by atoms with Crippen LogP contribution in [0.4, 0.5) is 0 Å². The van der Waals surface area contributed by atoms with Gasteiger partial charge in [0, 0.05) is 0 Å². The van der Waals surface area contributed by atoms with Crippen molar-refractivity contribution in [1.29, 1.82) is 0 Å². The van der Waals surface area contributed by atoms with Crippen molar-refractivity contribution in [3.63, 3.8) is 0 Å². The molecule has 1 fully saturated rings. The zero-order chi connectivity index (χ0) is 13.6. The van der Waals surface area contributed by atoms with E-state index in [-0.39, 0.29) is 12.4 Å². The highest BCUT2D eigenvalue weighted by Crippen LogP contribution is 2.31. The maximum atomic E-state index is 9.92. The van der Waals surface area contributed by atoms with Crippen LogP contribution in [0.15, 0.2) is 6.33 Å². The van der Waals surface area contributed by atoms with Crippen LogP contribution in [0.3, 0.4) is 0 Å². The molecule has 19 heavy (non-hydrogen) atoms. The van der Waals surface area contributed by atoms with E-state index in [0.29, 0.717) is 15.8 Å². The molecule has 1 saturated heterocycles. The number of H-pyrrole nitrogens is 2. The Labute approximate surface area is 112 Å². The molecule has 3 heterocycles. The van der Waals surface area contributed by atoms with Gasteiger partial charge in [-0.3, -0.25) is 0 Å². The van der Waals surface area contributed by atoms with Crippen LogP contribution in [-0.4, -0.2) is 60.2 Å². The highest BCUT2D eigenvalue weighted by Gasteiger charge is 2.44. The summed E-state index contributed by atoms with van der Waals surface area (Å²) in [7, 11) is 0. The minimum Gasteiger partial charge on any atom is -0.394 e. The van der Waals surface area contributed by atoms with E-state index in [1.165, 1.54) is 6.33 Å². The van der Waals surface area contributed by atoms with Gasteiger partial charge in [0.2, 0.25) is 0 Å². The number of fused-ring (bicyclic) bond motifs is 1. The Bertz CT molecular complexity index is 656. The number of nitrogens with zero attached hydrogens (tertiary/aromatic N) is 2. The highest BCUT2D eigenvalue weighted by molar-refractivity contribution is 7.71. The minimum absolute atomic E-state index is 0.270. The summed E-state index contributed by atoms with van der Waals surface area (Å²) >= 11 is 5.10. The average molecular weight is 284 g/mol. The van der Waals surface area contributed by atoms with Crippen LogP contribution in [0.2, 0.25) is 0 Å². The minimum atomic E-state index is -1.19. The maximum Gasteiger partial charge on any atom is 0.160 e. The Kier molecular flexibility index (Phi) is 3.07. The molecule has 9 heteroatoms. The van der Waals surface area contributed by atoms with E-state index in [1.54, 1.807) is 0 Å². The van der Waals surface area contributed by atoms with Crippen molar-refractivity contribution in [2.45, 2.75) is 24.4 Å². The Balaban J connectivity index is 2.03. The number of nitrogens with one attached hydrogen (secondary N) is 2. The topological polar surface area (TPSA) is 127 Å². The van der Waals surface area contributed by atoms with Crippen molar-refractivity contribution >= 4 is 23.4 Å². The second-order valence-corrected chi connectivity index (χ2v) is 4.70. The van der Waals surface area contributed by atoms with Crippen LogP contribution in [0.25, 0.3) is 11.2 Å². The van der Waals surface area contributed by atoms with E-state index in [1.807, 2.05) is 0 Å². The molecule has 0 amide bonds. The van der Waals surface area contributed by atoms with Gasteiger partial charge in [0.05, 0.1) is 12.9 Å². The van der Waals surface area contributed by atoms with Crippen LogP contribution in [0.5, 0.6) is 0 Å². The molecule has 1 aliphatic rings. The number of aliphatic hydroxyl groups excluding tert-OH is 3. The smallest absolute Gasteiger partial charge is 0.160 e. The zero-order valence-corrected chi connectivity index (χ0v) is 10.5. The summed E-state index contributed by atoms with van der Waals surface area (Å²) in [6.45, 7) is -0.389. The SMILES string of the molecule is OC[C@H]1OC(c2nc(=S)c3[nH]cnc3[nH]2)[C@@H](O)[C@@H]1O. The number of aromatic amines is 2. The fraction of sp³-hybridized carbons (Fsp3) is 0.500. The van der Waals surface area contributed by atoms with Crippen LogP contribution >= 0.6 is 12.2 Å². The first-order valence-electron chi connectivity index (χ1n) is 5.67. The average Bonchev–Trinajstić information content (AvgIpc) is 2.96. The third-order valence-corrected chi connectivity index (χ3v) is 3.43. The van der Waals surface area contributed by atoms with Gasteiger partial charge in [0.25, 0.3) is 0 Å². The van der Waals surface area contributed by atoms with E-state index in [9.17, 15) is 10.2 Å². The molecule has 1 aliphatic heterocycles. The largest absolute Gasteiger partial charge is 0.394 e. The predicted molar refractivity (Wildman–Crippen MR) is 65.8 cm³/mol. The highest BCUT2D eigenvalue weighted by atomic mass is 32.1. The van der Waals surface area contributed by atoms with Gasteiger partial charge in [-0.15, -0.1) is 0 Å². The van der Waals surface area contributed by atoms with Gasteiger partial charge in [0.15, 0.2) is 10.3 Å². The summed E-state index contributed by atoms with van der Waals surface area (Å²) in [5.74, 6) is 0.270. The van der Waals surface area contributed by atoms with E-state index < -0.39 is 24.4 Å². The summed E-state index contributed by atoms with van der Waals surface area (Å²) in [4.78, 5) is 13.9. The molecule has 0 bridgehead atoms. The fourth-order valence-corrected chi connectivity index (χ4v) is 2.38. The van der Waals surface area contributed by atoms with E-state index in [4.69, 9.17) is 22.1 Å². The zero-order valence-electron chi connectivity index (χ0n) is 9.65. The van der Waals surface area contributed by atoms with Crippen LogP contribution in [-0.2, 0) is 4.74 Å². The predicted octanol–water partition coefficient (Wildman–Crippen LogP) is -0.831. The number of hydrogen-bond acceptors (Lipinski definition) is 7. The second-order valence-electron chi connectivity index (χ2n) is 4.31. The molecular weight excluding hydrogens is 272 g/mol. The van der Waals surface area contributed by atoms with E-state index >= 15 is 0 Å². The summed E-state index contributed by atoms with van der Waals surface area (Å²) in [6.07, 6.45) is -2.62. The van der Waals surface area contributed by atoms with Gasteiger partial charge < -0.3 is 30.0 Å². The van der Waals surface area contributed by atoms with Crippen molar-refractivity contribution in [3.8, 4) is 0 Å². The molecule has 8 nitrogen and oxygen atoms in total. The first-order valence-corrected chi connectivity index (χ1v) is 6.08. The Morgan fingerprint density at radius 2 is 2.16 bits per heavy atom. The van der Waals surface area contributed by atoms with Crippen molar-refractivity contribution in [3.05, 3.63) is 16.8 Å². The van der Waals surface area contributed by atoms with Crippen LogP contribution in [0, 0.1) is 4.64 Å².